The molecule has 2 N–H and O–H groups in total. The van der Waals surface area contributed by atoms with Crippen LogP contribution < -0.4 is 15.5 Å². The Hall–Kier alpha value is -2.71. The molecule has 1 atom stereocenters. The summed E-state index contributed by atoms with van der Waals surface area (Å²) in [6, 6.07) is 9.09. The molecule has 0 saturated carbocycles. The van der Waals surface area contributed by atoms with Gasteiger partial charge in [-0.1, -0.05) is 6.07 Å². The van der Waals surface area contributed by atoms with E-state index in [1.54, 1.807) is 11.0 Å². The second-order valence-corrected chi connectivity index (χ2v) is 8.13. The number of fused-ring (bicyclic) bond motifs is 1. The Kier molecular flexibility index (Phi) is 5.92. The molecule has 152 valence electrons. The lowest BCUT2D eigenvalue weighted by Crippen LogP contribution is -2.39. The highest BCUT2D eigenvalue weighted by Gasteiger charge is 2.25. The van der Waals surface area contributed by atoms with Gasteiger partial charge in [0.1, 0.15) is 0 Å². The zero-order valence-electron chi connectivity index (χ0n) is 16.0. The normalized spacial score (nSPS) is 18.2. The van der Waals surface area contributed by atoms with Crippen molar-refractivity contribution in [2.75, 3.05) is 29.9 Å². The maximum atomic E-state index is 12.8. The molecule has 1 fully saturated rings. The molecule has 2 aliphatic rings. The number of hydrogen-bond acceptors (Lipinski definition) is 5. The van der Waals surface area contributed by atoms with Crippen LogP contribution in [0.2, 0.25) is 0 Å². The Balaban J connectivity index is 1.40. The predicted molar refractivity (Wildman–Crippen MR) is 111 cm³/mol. The van der Waals surface area contributed by atoms with Crippen molar-refractivity contribution in [2.24, 2.45) is 0 Å². The van der Waals surface area contributed by atoms with Gasteiger partial charge < -0.3 is 20.3 Å². The summed E-state index contributed by atoms with van der Waals surface area (Å²) in [4.78, 5) is 39.5. The molecule has 29 heavy (non-hydrogen) atoms. The molecule has 0 aliphatic carbocycles. The average molecular weight is 413 g/mol. The summed E-state index contributed by atoms with van der Waals surface area (Å²) < 4.78 is 5.44. The smallest absolute Gasteiger partial charge is 0.313 e. The van der Waals surface area contributed by atoms with Crippen molar-refractivity contribution in [1.82, 2.24) is 5.32 Å². The summed E-state index contributed by atoms with van der Waals surface area (Å²) >= 11 is 1.43. The molecule has 1 saturated heterocycles. The molecular formula is C21H23N3O4S. The Bertz CT molecular complexity index is 907. The van der Waals surface area contributed by atoms with Crippen LogP contribution in [0.15, 0.2) is 35.7 Å². The van der Waals surface area contributed by atoms with Crippen molar-refractivity contribution in [3.05, 3.63) is 46.2 Å². The average Bonchev–Trinajstić information content (AvgIpc) is 3.45. The minimum absolute atomic E-state index is 0.00811. The summed E-state index contributed by atoms with van der Waals surface area (Å²) in [6.07, 6.45) is 3.53. The number of carbonyl (C=O) groups is 3. The van der Waals surface area contributed by atoms with Gasteiger partial charge in [-0.25, -0.2) is 0 Å². The van der Waals surface area contributed by atoms with E-state index in [4.69, 9.17) is 4.74 Å². The summed E-state index contributed by atoms with van der Waals surface area (Å²) in [6.45, 7) is 1.71. The topological polar surface area (TPSA) is 87.7 Å². The first-order valence-electron chi connectivity index (χ1n) is 9.81. The minimum atomic E-state index is -0.703. The van der Waals surface area contributed by atoms with Gasteiger partial charge in [-0.05, 0) is 60.9 Å². The molecule has 1 aromatic heterocycles. The Morgan fingerprint density at radius 2 is 2.07 bits per heavy atom. The van der Waals surface area contributed by atoms with Crippen molar-refractivity contribution in [1.29, 1.82) is 0 Å². The van der Waals surface area contributed by atoms with Crippen LogP contribution in [0.5, 0.6) is 0 Å². The van der Waals surface area contributed by atoms with Crippen molar-refractivity contribution < 1.29 is 19.1 Å². The van der Waals surface area contributed by atoms with Crippen LogP contribution in [0.3, 0.4) is 0 Å². The van der Waals surface area contributed by atoms with Gasteiger partial charge in [-0.3, -0.25) is 14.4 Å². The molecule has 0 bridgehead atoms. The van der Waals surface area contributed by atoms with Gasteiger partial charge in [0.05, 0.1) is 11.0 Å². The van der Waals surface area contributed by atoms with E-state index >= 15 is 0 Å². The third-order valence-corrected chi connectivity index (χ3v) is 6.01. The van der Waals surface area contributed by atoms with E-state index in [-0.39, 0.29) is 12.0 Å². The van der Waals surface area contributed by atoms with Gasteiger partial charge >= 0.3 is 11.8 Å². The highest BCUT2D eigenvalue weighted by Crippen LogP contribution is 2.31. The third kappa shape index (κ3) is 4.49. The first-order valence-corrected chi connectivity index (χ1v) is 10.7. The first kappa shape index (κ1) is 19.6. The summed E-state index contributed by atoms with van der Waals surface area (Å²) in [5, 5.41) is 7.15. The molecule has 3 amide bonds. The number of rotatable bonds is 4. The second-order valence-electron chi connectivity index (χ2n) is 7.18. The zero-order valence-corrected chi connectivity index (χ0v) is 16.8. The first-order chi connectivity index (χ1) is 14.1. The molecule has 1 aromatic carbocycles. The fourth-order valence-corrected chi connectivity index (χ4v) is 4.37. The van der Waals surface area contributed by atoms with Crippen LogP contribution in [0, 0.1) is 0 Å². The van der Waals surface area contributed by atoms with Gasteiger partial charge in [0.15, 0.2) is 0 Å². The number of nitrogens with zero attached hydrogens (tertiary/aromatic N) is 1. The fourth-order valence-electron chi connectivity index (χ4n) is 3.70. The lowest BCUT2D eigenvalue weighted by atomic mass is 10.0. The molecule has 2 aromatic rings. The van der Waals surface area contributed by atoms with E-state index < -0.39 is 11.8 Å². The summed E-state index contributed by atoms with van der Waals surface area (Å²) in [5.74, 6) is -1.38. The summed E-state index contributed by atoms with van der Waals surface area (Å²) in [7, 11) is 0. The monoisotopic (exact) mass is 413 g/mol. The molecule has 0 spiro atoms. The number of anilines is 2. The maximum absolute atomic E-state index is 12.8. The van der Waals surface area contributed by atoms with Crippen LogP contribution in [0.4, 0.5) is 11.4 Å². The molecule has 2 aliphatic heterocycles. The number of aryl methyl sites for hydroxylation is 1. The Morgan fingerprint density at radius 1 is 1.17 bits per heavy atom. The van der Waals surface area contributed by atoms with Crippen molar-refractivity contribution in [2.45, 2.75) is 31.8 Å². The van der Waals surface area contributed by atoms with Gasteiger partial charge in [-0.15, -0.1) is 11.3 Å². The van der Waals surface area contributed by atoms with Gasteiger partial charge in [-0.2, -0.15) is 0 Å². The molecular weight excluding hydrogens is 390 g/mol. The summed E-state index contributed by atoms with van der Waals surface area (Å²) in [5.41, 5.74) is 2.39. The molecule has 4 rings (SSSR count). The van der Waals surface area contributed by atoms with E-state index in [9.17, 15) is 14.4 Å². The number of nitrogens with one attached hydrogen (secondary N) is 2. The van der Waals surface area contributed by atoms with E-state index in [1.807, 2.05) is 29.6 Å². The predicted octanol–water partition coefficient (Wildman–Crippen LogP) is 2.57. The maximum Gasteiger partial charge on any atom is 0.313 e. The molecule has 0 radical (unpaired) electrons. The Morgan fingerprint density at radius 3 is 2.83 bits per heavy atom. The van der Waals surface area contributed by atoms with Crippen LogP contribution in [-0.4, -0.2) is 43.5 Å². The van der Waals surface area contributed by atoms with Crippen LogP contribution in [-0.2, 0) is 20.7 Å². The number of amides is 3. The van der Waals surface area contributed by atoms with Crippen LogP contribution in [0.25, 0.3) is 0 Å². The molecule has 8 heteroatoms. The lowest BCUT2D eigenvalue weighted by Gasteiger charge is -2.29. The molecule has 7 nitrogen and oxygen atoms in total. The number of thiophene rings is 1. The number of ether oxygens (including phenoxy) is 1. The van der Waals surface area contributed by atoms with E-state index in [2.05, 4.69) is 10.6 Å². The fraction of sp³-hybridized carbons (Fsp3) is 0.381. The van der Waals surface area contributed by atoms with E-state index in [0.717, 1.165) is 36.9 Å². The SMILES string of the molecule is O=C(NCC1CCCO1)C(=O)Nc1ccc2c(c1)CCCN2C(=O)c1cccs1. The van der Waals surface area contributed by atoms with E-state index in [0.29, 0.717) is 30.3 Å². The third-order valence-electron chi connectivity index (χ3n) is 5.15. The standard InChI is InChI=1S/C21H23N3O4S/c25-19(22-13-16-5-2-10-28-16)20(26)23-15-7-8-17-14(12-15)4-1-9-24(17)21(27)18-6-3-11-29-18/h3,6-8,11-12,16H,1-2,4-5,9-10,13H2,(H,22,25)(H,23,26). The van der Waals surface area contributed by atoms with Crippen molar-refractivity contribution >= 4 is 40.4 Å². The van der Waals surface area contributed by atoms with Crippen molar-refractivity contribution in [3.8, 4) is 0 Å². The number of benzene rings is 1. The Labute approximate surface area is 173 Å². The highest BCUT2D eigenvalue weighted by atomic mass is 32.1. The van der Waals surface area contributed by atoms with Gasteiger partial charge in [0.25, 0.3) is 5.91 Å². The number of carbonyl (C=O) groups excluding carboxylic acids is 3. The quantitative estimate of drug-likeness (QED) is 0.754. The number of hydrogen-bond donors (Lipinski definition) is 2. The lowest BCUT2D eigenvalue weighted by molar-refractivity contribution is -0.136. The largest absolute Gasteiger partial charge is 0.376 e. The minimum Gasteiger partial charge on any atom is -0.376 e. The van der Waals surface area contributed by atoms with Crippen LogP contribution >= 0.6 is 11.3 Å². The van der Waals surface area contributed by atoms with E-state index in [1.165, 1.54) is 11.3 Å². The zero-order chi connectivity index (χ0) is 20.2. The van der Waals surface area contributed by atoms with Crippen molar-refractivity contribution in [3.63, 3.8) is 0 Å². The van der Waals surface area contributed by atoms with Gasteiger partial charge in [0.2, 0.25) is 0 Å². The molecule has 1 unspecified atom stereocenters. The highest BCUT2D eigenvalue weighted by molar-refractivity contribution is 7.12. The second kappa shape index (κ2) is 8.75. The van der Waals surface area contributed by atoms with Crippen LogP contribution in [0.1, 0.15) is 34.5 Å². The molecule has 3 heterocycles. The van der Waals surface area contributed by atoms with Gasteiger partial charge in [0, 0.05) is 31.1 Å².